The lowest BCUT2D eigenvalue weighted by Gasteiger charge is -2.34. The summed E-state index contributed by atoms with van der Waals surface area (Å²) in [5, 5.41) is 6.05. The first-order valence-electron chi connectivity index (χ1n) is 7.79. The smallest absolute Gasteiger partial charge is 0.368 e. The number of hydrogen-bond acceptors (Lipinski definition) is 3. The molecule has 24 heavy (non-hydrogen) atoms. The minimum Gasteiger partial charge on any atom is -0.368 e. The summed E-state index contributed by atoms with van der Waals surface area (Å²) >= 11 is 0. The lowest BCUT2D eigenvalue weighted by molar-refractivity contribution is -0.137. The standard InChI is InChI=1S/C18H18F3N3/c19-18(20,21)17-9-5-4-6-15(17)14-22-24-12-10-23(11-13-24)16-7-2-1-3-8-16/h1-9,14H,10-13H2. The van der Waals surface area contributed by atoms with Gasteiger partial charge in [-0.1, -0.05) is 36.4 Å². The van der Waals surface area contributed by atoms with E-state index in [2.05, 4.69) is 22.1 Å². The van der Waals surface area contributed by atoms with E-state index in [0.29, 0.717) is 13.1 Å². The van der Waals surface area contributed by atoms with E-state index in [9.17, 15) is 13.2 Å². The predicted molar refractivity (Wildman–Crippen MR) is 89.3 cm³/mol. The molecular weight excluding hydrogens is 315 g/mol. The molecule has 1 fully saturated rings. The Kier molecular flexibility index (Phi) is 4.74. The highest BCUT2D eigenvalue weighted by molar-refractivity contribution is 5.81. The van der Waals surface area contributed by atoms with E-state index in [4.69, 9.17) is 0 Å². The first kappa shape index (κ1) is 16.4. The zero-order chi connectivity index (χ0) is 17.0. The van der Waals surface area contributed by atoms with Gasteiger partial charge in [0.15, 0.2) is 0 Å². The summed E-state index contributed by atoms with van der Waals surface area (Å²) in [7, 11) is 0. The summed E-state index contributed by atoms with van der Waals surface area (Å²) < 4.78 is 38.9. The van der Waals surface area contributed by atoms with Crippen LogP contribution in [-0.4, -0.2) is 37.4 Å². The van der Waals surface area contributed by atoms with E-state index in [1.165, 1.54) is 18.3 Å². The van der Waals surface area contributed by atoms with Crippen LogP contribution >= 0.6 is 0 Å². The van der Waals surface area contributed by atoms with E-state index >= 15 is 0 Å². The number of para-hydroxylation sites is 1. The number of piperazine rings is 1. The second-order valence-electron chi connectivity index (χ2n) is 5.61. The quantitative estimate of drug-likeness (QED) is 0.794. The molecule has 1 heterocycles. The largest absolute Gasteiger partial charge is 0.417 e. The van der Waals surface area contributed by atoms with Crippen LogP contribution in [0.5, 0.6) is 0 Å². The van der Waals surface area contributed by atoms with Gasteiger partial charge in [-0.25, -0.2) is 0 Å². The maximum atomic E-state index is 13.0. The number of halogens is 3. The van der Waals surface area contributed by atoms with E-state index in [1.807, 2.05) is 23.2 Å². The summed E-state index contributed by atoms with van der Waals surface area (Å²) in [6, 6.07) is 15.6. The average molecular weight is 333 g/mol. The Labute approximate surface area is 139 Å². The summed E-state index contributed by atoms with van der Waals surface area (Å²) in [5.41, 5.74) is 0.593. The summed E-state index contributed by atoms with van der Waals surface area (Å²) in [6.07, 6.45) is -3.06. The number of hydrogen-bond donors (Lipinski definition) is 0. The molecule has 1 aliphatic heterocycles. The Bertz CT molecular complexity index is 690. The molecule has 1 saturated heterocycles. The number of alkyl halides is 3. The summed E-state index contributed by atoms with van der Waals surface area (Å²) in [4.78, 5) is 2.25. The van der Waals surface area contributed by atoms with Crippen molar-refractivity contribution in [3.8, 4) is 0 Å². The van der Waals surface area contributed by atoms with Crippen LogP contribution in [-0.2, 0) is 6.18 Å². The number of nitrogens with zero attached hydrogens (tertiary/aromatic N) is 3. The number of rotatable bonds is 3. The summed E-state index contributed by atoms with van der Waals surface area (Å²) in [6.45, 7) is 2.95. The van der Waals surface area contributed by atoms with Gasteiger partial charge in [-0.15, -0.1) is 0 Å². The molecule has 0 bridgehead atoms. The van der Waals surface area contributed by atoms with Crippen molar-refractivity contribution in [2.24, 2.45) is 5.10 Å². The van der Waals surface area contributed by atoms with Crippen LogP contribution in [0.2, 0.25) is 0 Å². The fourth-order valence-electron chi connectivity index (χ4n) is 2.72. The third-order valence-electron chi connectivity index (χ3n) is 4.00. The van der Waals surface area contributed by atoms with Gasteiger partial charge in [0.2, 0.25) is 0 Å². The molecule has 0 radical (unpaired) electrons. The SMILES string of the molecule is FC(F)(F)c1ccccc1C=NN1CCN(c2ccccc2)CC1. The van der Waals surface area contributed by atoms with Crippen LogP contribution in [0.4, 0.5) is 18.9 Å². The first-order chi connectivity index (χ1) is 11.5. The maximum Gasteiger partial charge on any atom is 0.417 e. The zero-order valence-corrected chi connectivity index (χ0v) is 13.1. The van der Waals surface area contributed by atoms with E-state index < -0.39 is 11.7 Å². The Morgan fingerprint density at radius 2 is 1.46 bits per heavy atom. The third-order valence-corrected chi connectivity index (χ3v) is 4.00. The molecule has 0 amide bonds. The lowest BCUT2D eigenvalue weighted by Crippen LogP contribution is -2.44. The summed E-state index contributed by atoms with van der Waals surface area (Å²) in [5.74, 6) is 0. The molecule has 2 aromatic carbocycles. The second-order valence-corrected chi connectivity index (χ2v) is 5.61. The van der Waals surface area contributed by atoms with Crippen molar-refractivity contribution in [3.63, 3.8) is 0 Å². The normalized spacial score (nSPS) is 16.0. The van der Waals surface area contributed by atoms with Crippen molar-refractivity contribution >= 4 is 11.9 Å². The molecule has 0 N–H and O–H groups in total. The second kappa shape index (κ2) is 6.95. The van der Waals surface area contributed by atoms with Gasteiger partial charge in [0.1, 0.15) is 0 Å². The fourth-order valence-corrected chi connectivity index (χ4v) is 2.72. The first-order valence-corrected chi connectivity index (χ1v) is 7.79. The molecule has 0 saturated carbocycles. The molecule has 2 aromatic rings. The highest BCUT2D eigenvalue weighted by Gasteiger charge is 2.32. The Balaban J connectivity index is 1.64. The van der Waals surface area contributed by atoms with Crippen molar-refractivity contribution in [2.75, 3.05) is 31.1 Å². The molecule has 6 heteroatoms. The molecule has 126 valence electrons. The molecule has 0 aliphatic carbocycles. The molecule has 3 rings (SSSR count). The molecular formula is C18H18F3N3. The topological polar surface area (TPSA) is 18.8 Å². The van der Waals surface area contributed by atoms with Crippen LogP contribution in [0.15, 0.2) is 59.7 Å². The average Bonchev–Trinajstić information content (AvgIpc) is 2.61. The lowest BCUT2D eigenvalue weighted by atomic mass is 10.1. The van der Waals surface area contributed by atoms with Crippen LogP contribution in [0.25, 0.3) is 0 Å². The zero-order valence-electron chi connectivity index (χ0n) is 13.1. The van der Waals surface area contributed by atoms with Crippen molar-refractivity contribution in [1.29, 1.82) is 0 Å². The Hall–Kier alpha value is -2.50. The predicted octanol–water partition coefficient (Wildman–Crippen LogP) is 3.86. The highest BCUT2D eigenvalue weighted by Crippen LogP contribution is 2.31. The number of benzene rings is 2. The molecule has 0 aromatic heterocycles. The van der Waals surface area contributed by atoms with Crippen LogP contribution in [0.3, 0.4) is 0 Å². The van der Waals surface area contributed by atoms with Crippen molar-refractivity contribution < 1.29 is 13.2 Å². The Morgan fingerprint density at radius 3 is 2.12 bits per heavy atom. The van der Waals surface area contributed by atoms with E-state index in [1.54, 1.807) is 6.07 Å². The van der Waals surface area contributed by atoms with Gasteiger partial charge in [0, 0.05) is 24.3 Å². The minimum absolute atomic E-state index is 0.0930. The third kappa shape index (κ3) is 3.88. The molecule has 0 unspecified atom stereocenters. The highest BCUT2D eigenvalue weighted by atomic mass is 19.4. The Morgan fingerprint density at radius 1 is 0.833 bits per heavy atom. The number of hydrazone groups is 1. The van der Waals surface area contributed by atoms with E-state index in [-0.39, 0.29) is 5.56 Å². The maximum absolute atomic E-state index is 13.0. The van der Waals surface area contributed by atoms with E-state index in [0.717, 1.165) is 24.8 Å². The number of anilines is 1. The van der Waals surface area contributed by atoms with Gasteiger partial charge in [0.25, 0.3) is 0 Å². The van der Waals surface area contributed by atoms with Crippen molar-refractivity contribution in [3.05, 3.63) is 65.7 Å². The van der Waals surface area contributed by atoms with Crippen LogP contribution in [0, 0.1) is 0 Å². The van der Waals surface area contributed by atoms with Gasteiger partial charge in [-0.05, 0) is 18.2 Å². The van der Waals surface area contributed by atoms with Crippen LogP contribution in [0.1, 0.15) is 11.1 Å². The molecule has 1 aliphatic rings. The van der Waals surface area contributed by atoms with Gasteiger partial charge in [-0.2, -0.15) is 18.3 Å². The van der Waals surface area contributed by atoms with Crippen LogP contribution < -0.4 is 4.90 Å². The molecule has 3 nitrogen and oxygen atoms in total. The van der Waals surface area contributed by atoms with Crippen molar-refractivity contribution in [1.82, 2.24) is 5.01 Å². The molecule has 0 atom stereocenters. The monoisotopic (exact) mass is 333 g/mol. The van der Waals surface area contributed by atoms with Gasteiger partial charge < -0.3 is 4.90 Å². The minimum atomic E-state index is -4.37. The fraction of sp³-hybridized carbons (Fsp3) is 0.278. The van der Waals surface area contributed by atoms with Crippen molar-refractivity contribution in [2.45, 2.75) is 6.18 Å². The molecule has 0 spiro atoms. The van der Waals surface area contributed by atoms with Gasteiger partial charge in [-0.3, -0.25) is 5.01 Å². The van der Waals surface area contributed by atoms with Gasteiger partial charge >= 0.3 is 6.18 Å². The van der Waals surface area contributed by atoms with Gasteiger partial charge in [0.05, 0.1) is 24.9 Å².